The largest absolute Gasteiger partial charge is 0.355 e. The lowest BCUT2D eigenvalue weighted by Crippen LogP contribution is -2.19. The first kappa shape index (κ1) is 19.3. The molecule has 3 aromatic rings. The summed E-state index contributed by atoms with van der Waals surface area (Å²) in [5.74, 6) is 0.528. The van der Waals surface area contributed by atoms with E-state index in [1.54, 1.807) is 18.3 Å². The number of anilines is 4. The van der Waals surface area contributed by atoms with E-state index >= 15 is 0 Å². The van der Waals surface area contributed by atoms with Gasteiger partial charge in [0.05, 0.1) is 16.9 Å². The Bertz CT molecular complexity index is 1010. The maximum Gasteiger partial charge on any atom is 0.253 e. The molecule has 0 saturated heterocycles. The van der Waals surface area contributed by atoms with Crippen molar-refractivity contribution in [3.05, 3.63) is 59.2 Å². The van der Waals surface area contributed by atoms with Crippen molar-refractivity contribution >= 4 is 28.9 Å². The molecule has 0 radical (unpaired) electrons. The smallest absolute Gasteiger partial charge is 0.253 e. The first-order valence-electron chi connectivity index (χ1n) is 8.98. The molecule has 0 aliphatic rings. The Morgan fingerprint density at radius 3 is 2.71 bits per heavy atom. The van der Waals surface area contributed by atoms with Crippen molar-refractivity contribution in [2.75, 3.05) is 17.7 Å². The van der Waals surface area contributed by atoms with E-state index in [0.29, 0.717) is 11.5 Å². The first-order valence-corrected chi connectivity index (χ1v) is 8.98. The molecule has 3 rings (SSSR count). The molecule has 2 aromatic heterocycles. The first-order chi connectivity index (χ1) is 13.4. The number of hydrogen-bond donors (Lipinski definition) is 3. The van der Waals surface area contributed by atoms with Crippen molar-refractivity contribution in [1.29, 1.82) is 0 Å². The number of aryl methyl sites for hydroxylation is 3. The number of nitrogens with one attached hydrogen (secondary N) is 3. The Hall–Kier alpha value is -3.42. The number of para-hydroxylation sites is 1. The van der Waals surface area contributed by atoms with Gasteiger partial charge in [-0.1, -0.05) is 6.07 Å². The summed E-state index contributed by atoms with van der Waals surface area (Å²) in [5.41, 5.74) is 2.71. The van der Waals surface area contributed by atoms with E-state index in [9.17, 15) is 9.18 Å². The Morgan fingerprint density at radius 2 is 2.00 bits per heavy atom. The summed E-state index contributed by atoms with van der Waals surface area (Å²) >= 11 is 0. The summed E-state index contributed by atoms with van der Waals surface area (Å²) in [6.07, 6.45) is 1.69. The van der Waals surface area contributed by atoms with Gasteiger partial charge in [-0.25, -0.2) is 14.1 Å². The molecule has 0 bridgehead atoms. The van der Waals surface area contributed by atoms with Crippen LogP contribution in [0.1, 0.15) is 28.5 Å². The molecule has 1 aromatic carbocycles. The fraction of sp³-hybridized carbons (Fsp3) is 0.250. The molecule has 0 aliphatic heterocycles. The lowest BCUT2D eigenvalue weighted by molar-refractivity contribution is 0.0963. The predicted molar refractivity (Wildman–Crippen MR) is 108 cm³/mol. The molecular formula is C20H23FN6O. The topological polar surface area (TPSA) is 83.9 Å². The zero-order valence-corrected chi connectivity index (χ0v) is 16.3. The number of carbonyl (C=O) groups is 1. The van der Waals surface area contributed by atoms with E-state index in [2.05, 4.69) is 26.0 Å². The van der Waals surface area contributed by atoms with Gasteiger partial charge in [-0.15, -0.1) is 0 Å². The standard InChI is InChI=1S/C20H23FN6O/c1-5-27-18(9-13(3)26-27)25-17-10-16(12(2)11-23-17)24-19-14(20(28)22-4)7-6-8-15(19)21/h6-11H,5H2,1-4H3,(H,22,28)(H2,23,24,25). The van der Waals surface area contributed by atoms with Crippen molar-refractivity contribution in [3.63, 3.8) is 0 Å². The minimum Gasteiger partial charge on any atom is -0.355 e. The number of pyridine rings is 1. The van der Waals surface area contributed by atoms with Crippen LogP contribution in [0, 0.1) is 19.7 Å². The quantitative estimate of drug-likeness (QED) is 0.602. The van der Waals surface area contributed by atoms with Gasteiger partial charge in [0.2, 0.25) is 0 Å². The highest BCUT2D eigenvalue weighted by molar-refractivity contribution is 6.00. The molecule has 1 amide bonds. The van der Waals surface area contributed by atoms with Crippen molar-refractivity contribution in [2.24, 2.45) is 0 Å². The lowest BCUT2D eigenvalue weighted by Gasteiger charge is -2.15. The van der Waals surface area contributed by atoms with Crippen LogP contribution >= 0.6 is 0 Å². The van der Waals surface area contributed by atoms with Gasteiger partial charge < -0.3 is 16.0 Å². The summed E-state index contributed by atoms with van der Waals surface area (Å²) in [6.45, 7) is 6.51. The van der Waals surface area contributed by atoms with Crippen LogP contribution in [0.5, 0.6) is 0 Å². The number of rotatable bonds is 6. The SMILES string of the molecule is CCn1nc(C)cc1Nc1cc(Nc2c(F)cccc2C(=O)NC)c(C)cn1. The van der Waals surface area contributed by atoms with E-state index in [1.165, 1.54) is 19.2 Å². The van der Waals surface area contributed by atoms with Crippen LogP contribution in [-0.4, -0.2) is 27.7 Å². The molecule has 0 aliphatic carbocycles. The highest BCUT2D eigenvalue weighted by atomic mass is 19.1. The maximum absolute atomic E-state index is 14.4. The van der Waals surface area contributed by atoms with Gasteiger partial charge in [0.25, 0.3) is 5.91 Å². The summed E-state index contributed by atoms with van der Waals surface area (Å²) in [6, 6.07) is 8.09. The highest BCUT2D eigenvalue weighted by Crippen LogP contribution is 2.28. The van der Waals surface area contributed by atoms with Crippen LogP contribution in [0.3, 0.4) is 0 Å². The highest BCUT2D eigenvalue weighted by Gasteiger charge is 2.16. The van der Waals surface area contributed by atoms with Gasteiger partial charge in [0, 0.05) is 37.6 Å². The third-order valence-electron chi connectivity index (χ3n) is 4.31. The minimum atomic E-state index is -0.508. The summed E-state index contributed by atoms with van der Waals surface area (Å²) in [5, 5.41) is 13.2. The fourth-order valence-electron chi connectivity index (χ4n) is 2.85. The molecule has 0 atom stereocenters. The van der Waals surface area contributed by atoms with Crippen molar-refractivity contribution < 1.29 is 9.18 Å². The molecular weight excluding hydrogens is 359 g/mol. The van der Waals surface area contributed by atoms with Crippen molar-refractivity contribution in [2.45, 2.75) is 27.3 Å². The molecule has 0 fully saturated rings. The molecule has 28 heavy (non-hydrogen) atoms. The molecule has 0 unspecified atom stereocenters. The van der Waals surface area contributed by atoms with Crippen LogP contribution in [-0.2, 0) is 6.54 Å². The molecule has 7 nitrogen and oxygen atoms in total. The maximum atomic E-state index is 14.4. The average molecular weight is 382 g/mol. The number of nitrogens with zero attached hydrogens (tertiary/aromatic N) is 3. The lowest BCUT2D eigenvalue weighted by atomic mass is 10.1. The van der Waals surface area contributed by atoms with E-state index in [1.807, 2.05) is 31.5 Å². The third kappa shape index (κ3) is 3.95. The molecule has 0 spiro atoms. The van der Waals surface area contributed by atoms with Gasteiger partial charge >= 0.3 is 0 Å². The van der Waals surface area contributed by atoms with Crippen LogP contribution in [0.15, 0.2) is 36.5 Å². The second-order valence-corrected chi connectivity index (χ2v) is 6.36. The van der Waals surface area contributed by atoms with Crippen LogP contribution < -0.4 is 16.0 Å². The minimum absolute atomic E-state index is 0.122. The third-order valence-corrected chi connectivity index (χ3v) is 4.31. The van der Waals surface area contributed by atoms with Crippen molar-refractivity contribution in [1.82, 2.24) is 20.1 Å². The van der Waals surface area contributed by atoms with Crippen LogP contribution in [0.25, 0.3) is 0 Å². The summed E-state index contributed by atoms with van der Waals surface area (Å²) in [4.78, 5) is 16.5. The Labute approximate surface area is 163 Å². The predicted octanol–water partition coefficient (Wildman–Crippen LogP) is 3.90. The number of halogens is 1. The fourth-order valence-corrected chi connectivity index (χ4v) is 2.85. The number of benzene rings is 1. The number of amides is 1. The van der Waals surface area contributed by atoms with Crippen molar-refractivity contribution in [3.8, 4) is 0 Å². The molecule has 2 heterocycles. The molecule has 8 heteroatoms. The summed E-state index contributed by atoms with van der Waals surface area (Å²) in [7, 11) is 1.51. The normalized spacial score (nSPS) is 10.6. The van der Waals surface area contributed by atoms with Crippen LogP contribution in [0.2, 0.25) is 0 Å². The molecule has 3 N–H and O–H groups in total. The number of carbonyl (C=O) groups excluding carboxylic acids is 1. The monoisotopic (exact) mass is 382 g/mol. The van der Waals surface area contributed by atoms with Gasteiger partial charge in [0.1, 0.15) is 17.5 Å². The van der Waals surface area contributed by atoms with E-state index < -0.39 is 5.82 Å². The number of hydrogen-bond acceptors (Lipinski definition) is 5. The Kier molecular flexibility index (Phi) is 5.58. The molecule has 0 saturated carbocycles. The van der Waals surface area contributed by atoms with Gasteiger partial charge in [-0.05, 0) is 38.5 Å². The second kappa shape index (κ2) is 8.08. The van der Waals surface area contributed by atoms with Gasteiger partial charge in [0.15, 0.2) is 0 Å². The summed E-state index contributed by atoms with van der Waals surface area (Å²) < 4.78 is 16.3. The Morgan fingerprint density at radius 1 is 1.21 bits per heavy atom. The zero-order valence-electron chi connectivity index (χ0n) is 16.3. The van der Waals surface area contributed by atoms with Gasteiger partial charge in [-0.2, -0.15) is 5.10 Å². The van der Waals surface area contributed by atoms with Gasteiger partial charge in [-0.3, -0.25) is 4.79 Å². The van der Waals surface area contributed by atoms with Crippen LogP contribution in [0.4, 0.5) is 27.4 Å². The van der Waals surface area contributed by atoms with E-state index in [4.69, 9.17) is 0 Å². The van der Waals surface area contributed by atoms with E-state index in [0.717, 1.165) is 23.6 Å². The second-order valence-electron chi connectivity index (χ2n) is 6.36. The number of aromatic nitrogens is 3. The molecule has 146 valence electrons. The zero-order chi connectivity index (χ0) is 20.3. The Balaban J connectivity index is 1.94. The van der Waals surface area contributed by atoms with E-state index in [-0.39, 0.29) is 17.2 Å². The average Bonchev–Trinajstić information content (AvgIpc) is 3.04.